The standard InChI is InChI=1S/C13H19NO/c1-10(9-15)14-13-7-6-11-4-2-3-5-12(11)8-13/h2-5,10,13-15H,6-9H2,1H3/t10-,13+/m0/s1. The van der Waals surface area contributed by atoms with Crippen LogP contribution in [0.15, 0.2) is 24.3 Å². The molecule has 0 bridgehead atoms. The lowest BCUT2D eigenvalue weighted by molar-refractivity contribution is 0.236. The second kappa shape index (κ2) is 4.77. The van der Waals surface area contributed by atoms with Crippen LogP contribution in [-0.4, -0.2) is 23.8 Å². The average Bonchev–Trinajstić information content (AvgIpc) is 2.29. The quantitative estimate of drug-likeness (QED) is 0.784. The Hall–Kier alpha value is -0.860. The van der Waals surface area contributed by atoms with Gasteiger partial charge in [-0.15, -0.1) is 0 Å². The lowest BCUT2D eigenvalue weighted by atomic mass is 9.88. The van der Waals surface area contributed by atoms with Crippen LogP contribution in [0.3, 0.4) is 0 Å². The molecule has 15 heavy (non-hydrogen) atoms. The van der Waals surface area contributed by atoms with Gasteiger partial charge >= 0.3 is 0 Å². The van der Waals surface area contributed by atoms with E-state index in [1.54, 1.807) is 0 Å². The Labute approximate surface area is 91.3 Å². The van der Waals surface area contributed by atoms with Gasteiger partial charge in [0.25, 0.3) is 0 Å². The molecule has 2 N–H and O–H groups in total. The van der Waals surface area contributed by atoms with E-state index in [9.17, 15) is 0 Å². The highest BCUT2D eigenvalue weighted by molar-refractivity contribution is 5.30. The van der Waals surface area contributed by atoms with Gasteiger partial charge in [0.05, 0.1) is 6.61 Å². The Morgan fingerprint density at radius 1 is 1.40 bits per heavy atom. The fraction of sp³-hybridized carbons (Fsp3) is 0.538. The lowest BCUT2D eigenvalue weighted by Gasteiger charge is -2.27. The van der Waals surface area contributed by atoms with Gasteiger partial charge in [-0.2, -0.15) is 0 Å². The molecule has 2 nitrogen and oxygen atoms in total. The molecule has 2 rings (SSSR count). The fourth-order valence-electron chi connectivity index (χ4n) is 2.30. The monoisotopic (exact) mass is 205 g/mol. The first-order valence-corrected chi connectivity index (χ1v) is 5.73. The summed E-state index contributed by atoms with van der Waals surface area (Å²) in [7, 11) is 0. The van der Waals surface area contributed by atoms with Gasteiger partial charge in [0, 0.05) is 12.1 Å². The average molecular weight is 205 g/mol. The number of aliphatic hydroxyl groups is 1. The second-order valence-corrected chi connectivity index (χ2v) is 4.46. The normalized spacial score (nSPS) is 22.1. The summed E-state index contributed by atoms with van der Waals surface area (Å²) >= 11 is 0. The van der Waals surface area contributed by atoms with Crippen molar-refractivity contribution in [2.75, 3.05) is 6.61 Å². The first-order chi connectivity index (χ1) is 7.29. The highest BCUT2D eigenvalue weighted by Gasteiger charge is 2.18. The van der Waals surface area contributed by atoms with Crippen LogP contribution in [0.25, 0.3) is 0 Å². The summed E-state index contributed by atoms with van der Waals surface area (Å²) in [4.78, 5) is 0. The van der Waals surface area contributed by atoms with Crippen LogP contribution >= 0.6 is 0 Å². The Balaban J connectivity index is 1.99. The zero-order valence-electron chi connectivity index (χ0n) is 9.24. The van der Waals surface area contributed by atoms with Crippen LogP contribution in [0.2, 0.25) is 0 Å². The van der Waals surface area contributed by atoms with E-state index >= 15 is 0 Å². The van der Waals surface area contributed by atoms with E-state index in [0.717, 1.165) is 12.8 Å². The van der Waals surface area contributed by atoms with E-state index in [0.29, 0.717) is 6.04 Å². The van der Waals surface area contributed by atoms with Crippen LogP contribution in [0.4, 0.5) is 0 Å². The summed E-state index contributed by atoms with van der Waals surface area (Å²) in [5.74, 6) is 0. The minimum atomic E-state index is 0.209. The third kappa shape index (κ3) is 2.58. The van der Waals surface area contributed by atoms with Crippen molar-refractivity contribution < 1.29 is 5.11 Å². The van der Waals surface area contributed by atoms with Crippen molar-refractivity contribution in [3.63, 3.8) is 0 Å². The fourth-order valence-corrected chi connectivity index (χ4v) is 2.30. The van der Waals surface area contributed by atoms with Gasteiger partial charge in [0.2, 0.25) is 0 Å². The van der Waals surface area contributed by atoms with Crippen molar-refractivity contribution in [1.29, 1.82) is 0 Å². The molecule has 0 saturated heterocycles. The zero-order valence-corrected chi connectivity index (χ0v) is 9.24. The molecule has 2 heteroatoms. The van der Waals surface area contributed by atoms with E-state index in [2.05, 4.69) is 29.6 Å². The zero-order chi connectivity index (χ0) is 10.7. The van der Waals surface area contributed by atoms with Crippen molar-refractivity contribution in [2.45, 2.75) is 38.3 Å². The molecule has 0 radical (unpaired) electrons. The summed E-state index contributed by atoms with van der Waals surface area (Å²) in [5, 5.41) is 12.5. The van der Waals surface area contributed by atoms with Gasteiger partial charge in [0.1, 0.15) is 0 Å². The lowest BCUT2D eigenvalue weighted by Crippen LogP contribution is -2.41. The number of benzene rings is 1. The minimum absolute atomic E-state index is 0.209. The number of hydrogen-bond donors (Lipinski definition) is 2. The number of nitrogens with one attached hydrogen (secondary N) is 1. The summed E-state index contributed by atoms with van der Waals surface area (Å²) in [6.07, 6.45) is 3.44. The predicted molar refractivity (Wildman–Crippen MR) is 61.9 cm³/mol. The first-order valence-electron chi connectivity index (χ1n) is 5.73. The summed E-state index contributed by atoms with van der Waals surface area (Å²) < 4.78 is 0. The summed E-state index contributed by atoms with van der Waals surface area (Å²) in [6.45, 7) is 2.25. The van der Waals surface area contributed by atoms with Gasteiger partial charge in [-0.3, -0.25) is 0 Å². The molecule has 0 unspecified atom stereocenters. The second-order valence-electron chi connectivity index (χ2n) is 4.46. The molecule has 0 spiro atoms. The molecular formula is C13H19NO. The molecule has 2 atom stereocenters. The molecule has 0 aliphatic heterocycles. The third-order valence-corrected chi connectivity index (χ3v) is 3.14. The molecule has 1 aliphatic carbocycles. The Morgan fingerprint density at radius 2 is 2.13 bits per heavy atom. The molecule has 1 aromatic rings. The maximum absolute atomic E-state index is 9.00. The molecule has 82 valence electrons. The maximum Gasteiger partial charge on any atom is 0.0582 e. The van der Waals surface area contributed by atoms with Gasteiger partial charge in [-0.05, 0) is 37.3 Å². The minimum Gasteiger partial charge on any atom is -0.395 e. The van der Waals surface area contributed by atoms with Gasteiger partial charge in [0.15, 0.2) is 0 Å². The Kier molecular flexibility index (Phi) is 3.39. The SMILES string of the molecule is C[C@@H](CO)N[C@@H]1CCc2ccccc2C1. The van der Waals surface area contributed by atoms with Crippen LogP contribution < -0.4 is 5.32 Å². The highest BCUT2D eigenvalue weighted by Crippen LogP contribution is 2.21. The molecule has 0 amide bonds. The van der Waals surface area contributed by atoms with Crippen LogP contribution in [-0.2, 0) is 12.8 Å². The Bertz CT molecular complexity index is 324. The molecule has 1 aliphatic rings. The number of aliphatic hydroxyl groups excluding tert-OH is 1. The van der Waals surface area contributed by atoms with Gasteiger partial charge in [-0.25, -0.2) is 0 Å². The Morgan fingerprint density at radius 3 is 2.87 bits per heavy atom. The smallest absolute Gasteiger partial charge is 0.0582 e. The van der Waals surface area contributed by atoms with E-state index in [1.807, 2.05) is 6.92 Å². The maximum atomic E-state index is 9.00. The number of hydrogen-bond acceptors (Lipinski definition) is 2. The van der Waals surface area contributed by atoms with Crippen LogP contribution in [0.5, 0.6) is 0 Å². The molecule has 1 aromatic carbocycles. The molecule has 0 fully saturated rings. The van der Waals surface area contributed by atoms with Gasteiger partial charge in [-0.1, -0.05) is 24.3 Å². The van der Waals surface area contributed by atoms with E-state index < -0.39 is 0 Å². The van der Waals surface area contributed by atoms with Crippen molar-refractivity contribution in [3.05, 3.63) is 35.4 Å². The van der Waals surface area contributed by atoms with Crippen molar-refractivity contribution in [3.8, 4) is 0 Å². The highest BCUT2D eigenvalue weighted by atomic mass is 16.3. The molecule has 0 aromatic heterocycles. The summed E-state index contributed by atoms with van der Waals surface area (Å²) in [5.41, 5.74) is 2.96. The topological polar surface area (TPSA) is 32.3 Å². The summed E-state index contributed by atoms with van der Waals surface area (Å²) in [6, 6.07) is 9.40. The van der Waals surface area contributed by atoms with Crippen LogP contribution in [0, 0.1) is 0 Å². The largest absolute Gasteiger partial charge is 0.395 e. The van der Waals surface area contributed by atoms with E-state index in [1.165, 1.54) is 17.5 Å². The number of aryl methyl sites for hydroxylation is 1. The van der Waals surface area contributed by atoms with Gasteiger partial charge < -0.3 is 10.4 Å². The molecular weight excluding hydrogens is 186 g/mol. The third-order valence-electron chi connectivity index (χ3n) is 3.14. The first kappa shape index (κ1) is 10.7. The van der Waals surface area contributed by atoms with E-state index in [-0.39, 0.29) is 12.6 Å². The number of rotatable bonds is 3. The van der Waals surface area contributed by atoms with Crippen molar-refractivity contribution in [2.24, 2.45) is 0 Å². The van der Waals surface area contributed by atoms with Crippen molar-refractivity contribution >= 4 is 0 Å². The van der Waals surface area contributed by atoms with E-state index in [4.69, 9.17) is 5.11 Å². The van der Waals surface area contributed by atoms with Crippen LogP contribution in [0.1, 0.15) is 24.5 Å². The van der Waals surface area contributed by atoms with Crippen molar-refractivity contribution in [1.82, 2.24) is 5.32 Å². The molecule has 0 saturated carbocycles. The predicted octanol–water partition coefficient (Wildman–Crippen LogP) is 1.51. The number of fused-ring (bicyclic) bond motifs is 1. The molecule has 0 heterocycles.